The lowest BCUT2D eigenvalue weighted by Crippen LogP contribution is -2.43. The summed E-state index contributed by atoms with van der Waals surface area (Å²) in [6.07, 6.45) is 0.870. The summed E-state index contributed by atoms with van der Waals surface area (Å²) in [5.74, 6) is 0.580. The number of halogens is 2. The molecule has 0 aliphatic rings. The molecule has 0 aliphatic carbocycles. The van der Waals surface area contributed by atoms with Gasteiger partial charge in [-0.3, -0.25) is 4.79 Å². The van der Waals surface area contributed by atoms with E-state index in [0.29, 0.717) is 24.1 Å². The minimum absolute atomic E-state index is 0. The zero-order valence-electron chi connectivity index (χ0n) is 15.6. The van der Waals surface area contributed by atoms with Gasteiger partial charge in [0.15, 0.2) is 5.96 Å². The van der Waals surface area contributed by atoms with Crippen LogP contribution in [0.4, 0.5) is 0 Å². The molecule has 0 atom stereocenters. The Labute approximate surface area is 183 Å². The Morgan fingerprint density at radius 3 is 2.37 bits per heavy atom. The quantitative estimate of drug-likeness (QED) is 0.348. The summed E-state index contributed by atoms with van der Waals surface area (Å²) in [4.78, 5) is 17.9. The van der Waals surface area contributed by atoms with Crippen molar-refractivity contribution in [3.63, 3.8) is 0 Å². The van der Waals surface area contributed by atoms with Crippen molar-refractivity contribution in [1.29, 1.82) is 0 Å². The van der Waals surface area contributed by atoms with Gasteiger partial charge in [-0.05, 0) is 23.6 Å². The predicted octanol–water partition coefficient (Wildman–Crippen LogP) is 3.32. The summed E-state index contributed by atoms with van der Waals surface area (Å²) >= 11 is 6.19. The minimum Gasteiger partial charge on any atom is -0.356 e. The molecule has 0 unspecified atom stereocenters. The monoisotopic (exact) mass is 500 g/mol. The Bertz CT molecular complexity index is 738. The van der Waals surface area contributed by atoms with E-state index in [9.17, 15) is 4.79 Å². The van der Waals surface area contributed by atoms with E-state index in [1.54, 1.807) is 19.0 Å². The molecule has 2 rings (SSSR count). The Balaban J connectivity index is 0.00000364. The van der Waals surface area contributed by atoms with Crippen molar-refractivity contribution in [3.8, 4) is 0 Å². The molecule has 0 aromatic heterocycles. The van der Waals surface area contributed by atoms with Gasteiger partial charge in [0.2, 0.25) is 5.91 Å². The van der Waals surface area contributed by atoms with Crippen LogP contribution in [0.15, 0.2) is 59.6 Å². The number of benzene rings is 2. The fourth-order valence-electron chi connectivity index (χ4n) is 2.25. The maximum Gasteiger partial charge on any atom is 0.241 e. The lowest BCUT2D eigenvalue weighted by Gasteiger charge is -2.15. The number of nitrogens with one attached hydrogen (secondary N) is 2. The summed E-state index contributed by atoms with van der Waals surface area (Å²) in [5, 5.41) is 7.04. The van der Waals surface area contributed by atoms with Crippen LogP contribution < -0.4 is 10.6 Å². The van der Waals surface area contributed by atoms with Gasteiger partial charge < -0.3 is 15.5 Å². The fourth-order valence-corrected chi connectivity index (χ4v) is 2.45. The Hall–Kier alpha value is -1.80. The zero-order valence-corrected chi connectivity index (χ0v) is 18.7. The summed E-state index contributed by atoms with van der Waals surface area (Å²) in [6, 6.07) is 17.8. The molecule has 0 radical (unpaired) electrons. The maximum absolute atomic E-state index is 11.8. The Kier molecular flexibility index (Phi) is 10.8. The second-order valence-electron chi connectivity index (χ2n) is 6.06. The first-order valence-electron chi connectivity index (χ1n) is 8.56. The molecule has 0 aliphatic heterocycles. The third kappa shape index (κ3) is 8.62. The molecule has 7 heteroatoms. The number of hydrogen-bond donors (Lipinski definition) is 2. The summed E-state index contributed by atoms with van der Waals surface area (Å²) < 4.78 is 0. The van der Waals surface area contributed by atoms with Gasteiger partial charge in [0.25, 0.3) is 0 Å². The smallest absolute Gasteiger partial charge is 0.241 e. The van der Waals surface area contributed by atoms with Crippen molar-refractivity contribution < 1.29 is 4.79 Å². The first-order valence-corrected chi connectivity index (χ1v) is 8.93. The van der Waals surface area contributed by atoms with Gasteiger partial charge in [-0.25, -0.2) is 4.99 Å². The number of carbonyl (C=O) groups excluding carboxylic acids is 1. The van der Waals surface area contributed by atoms with Crippen LogP contribution >= 0.6 is 35.6 Å². The molecule has 0 saturated heterocycles. The van der Waals surface area contributed by atoms with Crippen LogP contribution in [0.5, 0.6) is 0 Å². The van der Waals surface area contributed by atoms with Crippen LogP contribution in [-0.4, -0.2) is 44.0 Å². The highest BCUT2D eigenvalue weighted by molar-refractivity contribution is 14.0. The van der Waals surface area contributed by atoms with Crippen molar-refractivity contribution in [2.75, 3.05) is 27.2 Å². The molecule has 2 N–H and O–H groups in total. The topological polar surface area (TPSA) is 56.7 Å². The molecule has 2 aromatic rings. The average Bonchev–Trinajstić information content (AvgIpc) is 2.65. The summed E-state index contributed by atoms with van der Waals surface area (Å²) in [5.41, 5.74) is 2.19. The molecular weight excluding hydrogens is 475 g/mol. The second-order valence-corrected chi connectivity index (χ2v) is 6.47. The lowest BCUT2D eigenvalue weighted by atomic mass is 10.1. The van der Waals surface area contributed by atoms with Crippen molar-refractivity contribution in [1.82, 2.24) is 15.5 Å². The molecular formula is C20H26ClIN4O. The molecule has 0 heterocycles. The van der Waals surface area contributed by atoms with E-state index < -0.39 is 0 Å². The molecule has 0 fully saturated rings. The molecule has 0 spiro atoms. The number of hydrogen-bond acceptors (Lipinski definition) is 2. The van der Waals surface area contributed by atoms with E-state index in [0.717, 1.165) is 12.0 Å². The van der Waals surface area contributed by atoms with Crippen LogP contribution in [0.3, 0.4) is 0 Å². The third-order valence-electron chi connectivity index (χ3n) is 3.82. The van der Waals surface area contributed by atoms with Gasteiger partial charge in [0.1, 0.15) is 0 Å². The van der Waals surface area contributed by atoms with E-state index >= 15 is 0 Å². The van der Waals surface area contributed by atoms with Gasteiger partial charge in [-0.15, -0.1) is 24.0 Å². The van der Waals surface area contributed by atoms with Gasteiger partial charge in [0, 0.05) is 25.7 Å². The molecule has 2 aromatic carbocycles. The highest BCUT2D eigenvalue weighted by Crippen LogP contribution is 2.15. The fraction of sp³-hybridized carbons (Fsp3) is 0.300. The predicted molar refractivity (Wildman–Crippen MR) is 123 cm³/mol. The standard InChI is InChI=1S/C20H25ClN4O.HI/c1-25(2)19(26)15-24-20(22-13-12-16-8-4-3-5-9-16)23-14-17-10-6-7-11-18(17)21;/h3-11H,12-15H2,1-2H3,(H2,22,23,24);1H. The number of nitrogens with zero attached hydrogens (tertiary/aromatic N) is 2. The summed E-state index contributed by atoms with van der Waals surface area (Å²) in [6.45, 7) is 1.34. The first-order chi connectivity index (χ1) is 12.6. The normalized spacial score (nSPS) is 10.7. The van der Waals surface area contributed by atoms with Crippen molar-refractivity contribution in [3.05, 3.63) is 70.7 Å². The van der Waals surface area contributed by atoms with Gasteiger partial charge in [-0.1, -0.05) is 60.1 Å². The van der Waals surface area contributed by atoms with E-state index in [4.69, 9.17) is 11.6 Å². The van der Waals surface area contributed by atoms with Crippen molar-refractivity contribution >= 4 is 47.4 Å². The lowest BCUT2D eigenvalue weighted by molar-refractivity contribution is -0.127. The van der Waals surface area contributed by atoms with Crippen LogP contribution in [0.1, 0.15) is 11.1 Å². The zero-order chi connectivity index (χ0) is 18.8. The molecule has 5 nitrogen and oxygen atoms in total. The SMILES string of the molecule is CN(C)C(=O)CNC(=NCc1ccccc1Cl)NCCc1ccccc1.I. The highest BCUT2D eigenvalue weighted by Gasteiger charge is 2.06. The number of guanidine groups is 1. The van der Waals surface area contributed by atoms with Crippen LogP contribution in [0, 0.1) is 0 Å². The molecule has 0 saturated carbocycles. The van der Waals surface area contributed by atoms with Gasteiger partial charge >= 0.3 is 0 Å². The third-order valence-corrected chi connectivity index (χ3v) is 4.19. The Morgan fingerprint density at radius 2 is 1.70 bits per heavy atom. The summed E-state index contributed by atoms with van der Waals surface area (Å²) in [7, 11) is 3.46. The number of aliphatic imine (C=N–C) groups is 1. The maximum atomic E-state index is 11.8. The van der Waals surface area contributed by atoms with E-state index in [2.05, 4.69) is 27.8 Å². The van der Waals surface area contributed by atoms with Gasteiger partial charge in [-0.2, -0.15) is 0 Å². The molecule has 27 heavy (non-hydrogen) atoms. The number of carbonyl (C=O) groups is 1. The number of amides is 1. The van der Waals surface area contributed by atoms with Crippen LogP contribution in [0.2, 0.25) is 5.02 Å². The number of rotatable bonds is 7. The van der Waals surface area contributed by atoms with E-state index in [1.807, 2.05) is 42.5 Å². The molecule has 1 amide bonds. The molecule has 146 valence electrons. The van der Waals surface area contributed by atoms with Crippen LogP contribution in [0.25, 0.3) is 0 Å². The second kappa shape index (κ2) is 12.6. The van der Waals surface area contributed by atoms with Gasteiger partial charge in [0.05, 0.1) is 13.1 Å². The van der Waals surface area contributed by atoms with Crippen LogP contribution in [-0.2, 0) is 17.8 Å². The first kappa shape index (κ1) is 23.2. The van der Waals surface area contributed by atoms with Crippen molar-refractivity contribution in [2.24, 2.45) is 4.99 Å². The number of likely N-dealkylation sites (N-methyl/N-ethyl adjacent to an activating group) is 1. The largest absolute Gasteiger partial charge is 0.356 e. The Morgan fingerprint density at radius 1 is 1.04 bits per heavy atom. The van der Waals surface area contributed by atoms with E-state index in [-0.39, 0.29) is 36.4 Å². The van der Waals surface area contributed by atoms with E-state index in [1.165, 1.54) is 5.56 Å². The average molecular weight is 501 g/mol. The minimum atomic E-state index is -0.0136. The van der Waals surface area contributed by atoms with Crippen molar-refractivity contribution in [2.45, 2.75) is 13.0 Å². The molecule has 0 bridgehead atoms. The highest BCUT2D eigenvalue weighted by atomic mass is 127.